The Morgan fingerprint density at radius 2 is 1.83 bits per heavy atom. The molecule has 0 atom stereocenters. The van der Waals surface area contributed by atoms with Gasteiger partial charge in [-0.1, -0.05) is 18.2 Å². The minimum Gasteiger partial charge on any atom is -0.493 e. The first-order valence-electron chi connectivity index (χ1n) is 9.31. The van der Waals surface area contributed by atoms with Crippen LogP contribution in [0.1, 0.15) is 22.8 Å². The van der Waals surface area contributed by atoms with Gasteiger partial charge in [0, 0.05) is 22.7 Å². The lowest BCUT2D eigenvalue weighted by Gasteiger charge is -2.15. The smallest absolute Gasteiger partial charge is 0.224 e. The van der Waals surface area contributed by atoms with E-state index in [1.165, 1.54) is 14.2 Å². The average Bonchev–Trinajstić information content (AvgIpc) is 3.16. The molecular weight excluding hydrogens is 372 g/mol. The fourth-order valence-electron chi connectivity index (χ4n) is 3.17. The van der Waals surface area contributed by atoms with Gasteiger partial charge in [0.2, 0.25) is 11.7 Å². The average molecular weight is 396 g/mol. The highest BCUT2D eigenvalue weighted by atomic mass is 16.5. The van der Waals surface area contributed by atoms with E-state index in [0.717, 1.165) is 10.9 Å². The molecule has 0 fully saturated rings. The number of H-pyrrole nitrogens is 1. The summed E-state index contributed by atoms with van der Waals surface area (Å²) in [5, 5.41) is 3.53. The lowest BCUT2D eigenvalue weighted by atomic mass is 10.1. The van der Waals surface area contributed by atoms with Crippen LogP contribution >= 0.6 is 0 Å². The molecule has 0 spiro atoms. The SMILES string of the molecule is CCOc1cc(CC(=O)NCC(=O)c2c[nH]c3ccccc23)cc(OC)c1OC. The number of Topliss-reactive ketones (excluding diaryl/α,β-unsaturated/α-hetero) is 1. The van der Waals surface area contributed by atoms with Gasteiger partial charge in [-0.15, -0.1) is 0 Å². The van der Waals surface area contributed by atoms with Gasteiger partial charge >= 0.3 is 0 Å². The van der Waals surface area contributed by atoms with Crippen LogP contribution < -0.4 is 19.5 Å². The molecule has 3 rings (SSSR count). The molecule has 0 bridgehead atoms. The molecule has 29 heavy (non-hydrogen) atoms. The van der Waals surface area contributed by atoms with Crippen molar-refractivity contribution in [3.05, 3.63) is 53.7 Å². The van der Waals surface area contributed by atoms with E-state index >= 15 is 0 Å². The predicted molar refractivity (Wildman–Crippen MR) is 110 cm³/mol. The van der Waals surface area contributed by atoms with Crippen molar-refractivity contribution >= 4 is 22.6 Å². The van der Waals surface area contributed by atoms with E-state index < -0.39 is 0 Å². The monoisotopic (exact) mass is 396 g/mol. The maximum atomic E-state index is 12.5. The number of ketones is 1. The van der Waals surface area contributed by atoms with Gasteiger partial charge in [-0.2, -0.15) is 0 Å². The van der Waals surface area contributed by atoms with Gasteiger partial charge in [0.25, 0.3) is 0 Å². The van der Waals surface area contributed by atoms with Gasteiger partial charge in [0.1, 0.15) is 0 Å². The number of amides is 1. The molecule has 0 aliphatic heterocycles. The molecule has 7 nitrogen and oxygen atoms in total. The third kappa shape index (κ3) is 4.51. The van der Waals surface area contributed by atoms with E-state index in [-0.39, 0.29) is 24.7 Å². The Bertz CT molecular complexity index is 1030. The first kappa shape index (κ1) is 20.3. The lowest BCUT2D eigenvalue weighted by molar-refractivity contribution is -0.120. The molecule has 152 valence electrons. The van der Waals surface area contributed by atoms with Crippen LogP contribution in [-0.2, 0) is 11.2 Å². The summed E-state index contributed by atoms with van der Waals surface area (Å²) in [6.07, 6.45) is 1.75. The molecular formula is C22H24N2O5. The summed E-state index contributed by atoms with van der Waals surface area (Å²) in [4.78, 5) is 28.0. The Morgan fingerprint density at radius 1 is 1.07 bits per heavy atom. The van der Waals surface area contributed by atoms with Crippen molar-refractivity contribution in [2.45, 2.75) is 13.3 Å². The number of hydrogen-bond donors (Lipinski definition) is 2. The first-order valence-corrected chi connectivity index (χ1v) is 9.31. The molecule has 3 aromatic rings. The number of carbonyl (C=O) groups excluding carboxylic acids is 2. The molecule has 2 N–H and O–H groups in total. The summed E-state index contributed by atoms with van der Waals surface area (Å²) in [6, 6.07) is 11.0. The van der Waals surface area contributed by atoms with Crippen LogP contribution in [0, 0.1) is 0 Å². The molecule has 0 saturated carbocycles. The zero-order chi connectivity index (χ0) is 20.8. The van der Waals surface area contributed by atoms with Crippen molar-refractivity contribution in [3.63, 3.8) is 0 Å². The molecule has 0 radical (unpaired) electrons. The number of fused-ring (bicyclic) bond motifs is 1. The summed E-state index contributed by atoms with van der Waals surface area (Å²) in [5.41, 5.74) is 2.14. The van der Waals surface area contributed by atoms with E-state index in [4.69, 9.17) is 14.2 Å². The predicted octanol–water partition coefficient (Wildman–Crippen LogP) is 3.13. The maximum absolute atomic E-state index is 12.5. The number of methoxy groups -OCH3 is 2. The second-order valence-electron chi connectivity index (χ2n) is 6.39. The van der Waals surface area contributed by atoms with Gasteiger partial charge < -0.3 is 24.5 Å². The highest BCUT2D eigenvalue weighted by Gasteiger charge is 2.17. The number of benzene rings is 2. The van der Waals surface area contributed by atoms with E-state index in [2.05, 4.69) is 10.3 Å². The van der Waals surface area contributed by atoms with Gasteiger partial charge in [-0.25, -0.2) is 0 Å². The minimum atomic E-state index is -0.271. The summed E-state index contributed by atoms with van der Waals surface area (Å²) in [5.74, 6) is 1.04. The number of rotatable bonds is 9. The molecule has 2 aromatic carbocycles. The third-order valence-corrected chi connectivity index (χ3v) is 4.50. The van der Waals surface area contributed by atoms with Crippen molar-refractivity contribution in [1.29, 1.82) is 0 Å². The fourth-order valence-corrected chi connectivity index (χ4v) is 3.17. The highest BCUT2D eigenvalue weighted by molar-refractivity contribution is 6.09. The number of nitrogens with one attached hydrogen (secondary N) is 2. The quantitative estimate of drug-likeness (QED) is 0.543. The van der Waals surface area contributed by atoms with Gasteiger partial charge in [-0.3, -0.25) is 9.59 Å². The number of ether oxygens (including phenoxy) is 3. The maximum Gasteiger partial charge on any atom is 0.224 e. The van der Waals surface area contributed by atoms with Crippen LogP contribution in [0.3, 0.4) is 0 Å². The Morgan fingerprint density at radius 3 is 2.55 bits per heavy atom. The van der Waals surface area contributed by atoms with Crippen molar-refractivity contribution in [2.24, 2.45) is 0 Å². The fraction of sp³-hybridized carbons (Fsp3) is 0.273. The standard InChI is InChI=1S/C22H24N2O5/c1-4-29-20-10-14(9-19(27-2)22(20)28-3)11-21(26)24-13-18(25)16-12-23-17-8-6-5-7-15(16)17/h5-10,12,23H,4,11,13H2,1-3H3,(H,24,26). The number of aromatic nitrogens is 1. The summed E-state index contributed by atoms with van der Waals surface area (Å²) in [6.45, 7) is 2.24. The normalized spacial score (nSPS) is 10.6. The molecule has 1 heterocycles. The largest absolute Gasteiger partial charge is 0.493 e. The first-order chi connectivity index (χ1) is 14.1. The molecule has 1 amide bonds. The molecule has 0 aliphatic carbocycles. The molecule has 0 unspecified atom stereocenters. The molecule has 1 aromatic heterocycles. The summed E-state index contributed by atoms with van der Waals surface area (Å²) >= 11 is 0. The van der Waals surface area contributed by atoms with E-state index in [0.29, 0.717) is 35.0 Å². The number of para-hydroxylation sites is 1. The highest BCUT2D eigenvalue weighted by Crippen LogP contribution is 2.38. The van der Waals surface area contributed by atoms with E-state index in [9.17, 15) is 9.59 Å². The van der Waals surface area contributed by atoms with Crippen molar-refractivity contribution in [2.75, 3.05) is 27.4 Å². The Hall–Kier alpha value is -3.48. The van der Waals surface area contributed by atoms with E-state index in [1.807, 2.05) is 31.2 Å². The number of aromatic amines is 1. The van der Waals surface area contributed by atoms with Crippen molar-refractivity contribution in [3.8, 4) is 17.2 Å². The minimum absolute atomic E-state index is 0.0771. The van der Waals surface area contributed by atoms with Crippen molar-refractivity contribution in [1.82, 2.24) is 10.3 Å². The molecule has 7 heteroatoms. The Balaban J connectivity index is 1.67. The third-order valence-electron chi connectivity index (χ3n) is 4.50. The van der Waals surface area contributed by atoms with Crippen LogP contribution in [0.5, 0.6) is 17.2 Å². The Labute approximate surface area is 169 Å². The number of hydrogen-bond acceptors (Lipinski definition) is 5. The second kappa shape index (κ2) is 9.14. The van der Waals surface area contributed by atoms with Crippen LogP contribution in [0.4, 0.5) is 0 Å². The van der Waals surface area contributed by atoms with Crippen LogP contribution in [0.15, 0.2) is 42.6 Å². The molecule has 0 saturated heterocycles. The van der Waals surface area contributed by atoms with Crippen LogP contribution in [0.2, 0.25) is 0 Å². The molecule has 0 aliphatic rings. The topological polar surface area (TPSA) is 89.7 Å². The van der Waals surface area contributed by atoms with Crippen LogP contribution in [-0.4, -0.2) is 44.0 Å². The summed E-state index contributed by atoms with van der Waals surface area (Å²) in [7, 11) is 3.06. The van der Waals surface area contributed by atoms with Crippen LogP contribution in [0.25, 0.3) is 10.9 Å². The second-order valence-corrected chi connectivity index (χ2v) is 6.39. The lowest BCUT2D eigenvalue weighted by Crippen LogP contribution is -2.30. The van der Waals surface area contributed by atoms with Crippen molar-refractivity contribution < 1.29 is 23.8 Å². The van der Waals surface area contributed by atoms with Gasteiger partial charge in [0.15, 0.2) is 17.3 Å². The van der Waals surface area contributed by atoms with Gasteiger partial charge in [0.05, 0.1) is 33.8 Å². The van der Waals surface area contributed by atoms with E-state index in [1.54, 1.807) is 18.3 Å². The zero-order valence-corrected chi connectivity index (χ0v) is 16.7. The Kier molecular flexibility index (Phi) is 6.39. The zero-order valence-electron chi connectivity index (χ0n) is 16.7. The number of carbonyl (C=O) groups is 2. The van der Waals surface area contributed by atoms with Gasteiger partial charge in [-0.05, 0) is 30.7 Å². The summed E-state index contributed by atoms with van der Waals surface area (Å²) < 4.78 is 16.3.